The Hall–Kier alpha value is 0.567. The van der Waals surface area contributed by atoms with Gasteiger partial charge in [-0.2, -0.15) is 12.6 Å². The van der Waals surface area contributed by atoms with Crippen LogP contribution in [0.4, 0.5) is 0 Å². The van der Waals surface area contributed by atoms with Crippen LogP contribution in [0.5, 0.6) is 0 Å². The van der Waals surface area contributed by atoms with E-state index in [-0.39, 0.29) is 0 Å². The standard InChI is InChI=1S/C10H24SSi/c1-4-12(5-2,6-3)10-8-7-9-11/h11H,4-10H2,1-3H3. The van der Waals surface area contributed by atoms with Gasteiger partial charge in [-0.05, 0) is 12.2 Å². The second kappa shape index (κ2) is 7.02. The molecule has 0 aliphatic heterocycles. The van der Waals surface area contributed by atoms with Crippen LogP contribution >= 0.6 is 12.6 Å². The molecule has 2 heteroatoms. The smallest absolute Gasteiger partial charge is 0.0527 e. The molecule has 0 N–H and O–H groups in total. The highest BCUT2D eigenvalue weighted by Gasteiger charge is 2.25. The van der Waals surface area contributed by atoms with Crippen molar-refractivity contribution in [3.8, 4) is 0 Å². The van der Waals surface area contributed by atoms with Gasteiger partial charge in [0.15, 0.2) is 0 Å². The van der Waals surface area contributed by atoms with Gasteiger partial charge in [-0.1, -0.05) is 51.4 Å². The first-order chi connectivity index (χ1) is 5.74. The van der Waals surface area contributed by atoms with Gasteiger partial charge in [0.25, 0.3) is 0 Å². The summed E-state index contributed by atoms with van der Waals surface area (Å²) in [7, 11) is -0.789. The summed E-state index contributed by atoms with van der Waals surface area (Å²) in [6.45, 7) is 7.17. The maximum absolute atomic E-state index is 4.25. The van der Waals surface area contributed by atoms with Gasteiger partial charge in [0.1, 0.15) is 0 Å². The molecule has 0 unspecified atom stereocenters. The third-order valence-corrected chi connectivity index (χ3v) is 9.60. The van der Waals surface area contributed by atoms with Crippen LogP contribution in [0.3, 0.4) is 0 Å². The van der Waals surface area contributed by atoms with Crippen LogP contribution in [0, 0.1) is 0 Å². The fraction of sp³-hybridized carbons (Fsp3) is 1.00. The molecule has 0 aromatic carbocycles. The molecule has 0 aromatic heterocycles. The Balaban J connectivity index is 3.76. The third-order valence-electron chi connectivity index (χ3n) is 3.37. The molecule has 0 saturated carbocycles. The number of thiol groups is 1. The van der Waals surface area contributed by atoms with Gasteiger partial charge < -0.3 is 0 Å². The second-order valence-corrected chi connectivity index (χ2v) is 9.81. The Morgan fingerprint density at radius 2 is 1.42 bits per heavy atom. The van der Waals surface area contributed by atoms with Crippen molar-refractivity contribution < 1.29 is 0 Å². The number of hydrogen-bond donors (Lipinski definition) is 1. The van der Waals surface area contributed by atoms with E-state index in [0.717, 1.165) is 5.75 Å². The van der Waals surface area contributed by atoms with Crippen molar-refractivity contribution in [1.29, 1.82) is 0 Å². The van der Waals surface area contributed by atoms with Gasteiger partial charge in [0.2, 0.25) is 0 Å². The van der Waals surface area contributed by atoms with E-state index >= 15 is 0 Å². The van der Waals surface area contributed by atoms with Gasteiger partial charge in [-0.25, -0.2) is 0 Å². The predicted molar refractivity (Wildman–Crippen MR) is 65.1 cm³/mol. The van der Waals surface area contributed by atoms with Gasteiger partial charge in [-0.3, -0.25) is 0 Å². The highest BCUT2D eigenvalue weighted by molar-refractivity contribution is 7.80. The molecule has 0 aliphatic carbocycles. The monoisotopic (exact) mass is 204 g/mol. The van der Waals surface area contributed by atoms with Crippen molar-refractivity contribution in [3.63, 3.8) is 0 Å². The van der Waals surface area contributed by atoms with E-state index in [2.05, 4.69) is 33.4 Å². The van der Waals surface area contributed by atoms with E-state index < -0.39 is 8.07 Å². The molecule has 0 fully saturated rings. The molecule has 0 atom stereocenters. The maximum Gasteiger partial charge on any atom is 0.0527 e. The zero-order valence-corrected chi connectivity index (χ0v) is 10.8. The molecule has 0 bridgehead atoms. The van der Waals surface area contributed by atoms with Gasteiger partial charge in [0.05, 0.1) is 8.07 Å². The molecule has 0 rings (SSSR count). The van der Waals surface area contributed by atoms with Gasteiger partial charge >= 0.3 is 0 Å². The second-order valence-electron chi connectivity index (χ2n) is 3.74. The Morgan fingerprint density at radius 1 is 0.917 bits per heavy atom. The van der Waals surface area contributed by atoms with Crippen LogP contribution < -0.4 is 0 Å². The minimum atomic E-state index is -0.789. The van der Waals surface area contributed by atoms with Crippen LogP contribution in [0.15, 0.2) is 0 Å². The normalized spacial score (nSPS) is 12.0. The summed E-state index contributed by atoms with van der Waals surface area (Å²) >= 11 is 4.25. The molecular weight excluding hydrogens is 180 g/mol. The quantitative estimate of drug-likeness (QED) is 0.358. The summed E-state index contributed by atoms with van der Waals surface area (Å²) in [4.78, 5) is 0. The zero-order valence-electron chi connectivity index (χ0n) is 8.90. The molecule has 0 aliphatic rings. The molecule has 0 amide bonds. The van der Waals surface area contributed by atoms with Crippen LogP contribution in [-0.2, 0) is 0 Å². The summed E-state index contributed by atoms with van der Waals surface area (Å²) in [6, 6.07) is 5.97. The topological polar surface area (TPSA) is 0 Å². The van der Waals surface area contributed by atoms with Crippen molar-refractivity contribution in [2.75, 3.05) is 5.75 Å². The number of rotatable bonds is 7. The van der Waals surface area contributed by atoms with Crippen molar-refractivity contribution in [2.24, 2.45) is 0 Å². The first kappa shape index (κ1) is 12.6. The Labute approximate surface area is 84.6 Å². The first-order valence-electron chi connectivity index (χ1n) is 5.35. The van der Waals surface area contributed by atoms with E-state index in [4.69, 9.17) is 0 Å². The predicted octanol–water partition coefficient (Wildman–Crippen LogP) is 4.20. The molecule has 0 saturated heterocycles. The van der Waals surface area contributed by atoms with Crippen LogP contribution in [0.25, 0.3) is 0 Å². The number of unbranched alkanes of at least 4 members (excludes halogenated alkanes) is 1. The molecule has 0 radical (unpaired) electrons. The summed E-state index contributed by atoms with van der Waals surface area (Å²) in [5, 5.41) is 0. The molecule has 0 spiro atoms. The fourth-order valence-electron chi connectivity index (χ4n) is 1.89. The van der Waals surface area contributed by atoms with Crippen LogP contribution in [0.1, 0.15) is 33.6 Å². The summed E-state index contributed by atoms with van der Waals surface area (Å²) in [5.41, 5.74) is 0. The lowest BCUT2D eigenvalue weighted by atomic mass is 10.4. The number of hydrogen-bond acceptors (Lipinski definition) is 1. The summed E-state index contributed by atoms with van der Waals surface area (Å²) in [5.74, 6) is 1.07. The summed E-state index contributed by atoms with van der Waals surface area (Å²) in [6.07, 6.45) is 2.74. The average Bonchev–Trinajstić information content (AvgIpc) is 2.14. The lowest BCUT2D eigenvalue weighted by Gasteiger charge is -2.27. The minimum Gasteiger partial charge on any atom is -0.179 e. The Morgan fingerprint density at radius 3 is 1.75 bits per heavy atom. The highest BCUT2D eigenvalue weighted by atomic mass is 32.1. The van der Waals surface area contributed by atoms with E-state index in [9.17, 15) is 0 Å². The van der Waals surface area contributed by atoms with Crippen molar-refractivity contribution in [3.05, 3.63) is 0 Å². The largest absolute Gasteiger partial charge is 0.179 e. The van der Waals surface area contributed by atoms with Crippen LogP contribution in [-0.4, -0.2) is 13.8 Å². The maximum atomic E-state index is 4.25. The van der Waals surface area contributed by atoms with Crippen molar-refractivity contribution >= 4 is 20.7 Å². The van der Waals surface area contributed by atoms with Crippen molar-refractivity contribution in [2.45, 2.75) is 57.8 Å². The molecule has 12 heavy (non-hydrogen) atoms. The van der Waals surface area contributed by atoms with Gasteiger partial charge in [0, 0.05) is 0 Å². The van der Waals surface area contributed by atoms with E-state index in [1.54, 1.807) is 0 Å². The molecule has 0 aromatic rings. The minimum absolute atomic E-state index is 0.789. The van der Waals surface area contributed by atoms with E-state index in [1.165, 1.54) is 37.0 Å². The Bertz CT molecular complexity index is 91.7. The Kier molecular flexibility index (Phi) is 7.35. The fourth-order valence-corrected chi connectivity index (χ4v) is 5.68. The lowest BCUT2D eigenvalue weighted by molar-refractivity contribution is 0.863. The first-order valence-corrected chi connectivity index (χ1v) is 8.81. The van der Waals surface area contributed by atoms with Crippen LogP contribution in [0.2, 0.25) is 24.2 Å². The van der Waals surface area contributed by atoms with E-state index in [1.807, 2.05) is 0 Å². The average molecular weight is 204 g/mol. The zero-order chi connectivity index (χ0) is 9.45. The van der Waals surface area contributed by atoms with Crippen molar-refractivity contribution in [1.82, 2.24) is 0 Å². The van der Waals surface area contributed by atoms with Gasteiger partial charge in [-0.15, -0.1) is 0 Å². The molecular formula is C10H24SSi. The van der Waals surface area contributed by atoms with E-state index in [0.29, 0.717) is 0 Å². The SMILES string of the molecule is CC[Si](CC)(CC)CCCCS. The molecule has 0 heterocycles. The summed E-state index contributed by atoms with van der Waals surface area (Å²) < 4.78 is 0. The third kappa shape index (κ3) is 3.99. The molecule has 74 valence electrons. The lowest BCUT2D eigenvalue weighted by Crippen LogP contribution is -2.30. The highest BCUT2D eigenvalue weighted by Crippen LogP contribution is 2.27. The molecule has 0 nitrogen and oxygen atoms in total.